The van der Waals surface area contributed by atoms with Crippen molar-refractivity contribution in [2.45, 2.75) is 58.4 Å². The Morgan fingerprint density at radius 2 is 1.83 bits per heavy atom. The lowest BCUT2D eigenvalue weighted by Crippen LogP contribution is -2.40. The van der Waals surface area contributed by atoms with E-state index >= 15 is 0 Å². The van der Waals surface area contributed by atoms with E-state index in [0.717, 1.165) is 28.9 Å². The van der Waals surface area contributed by atoms with Crippen LogP contribution in [0.2, 0.25) is 18.1 Å². The third-order valence-corrected chi connectivity index (χ3v) is 10.3. The van der Waals surface area contributed by atoms with Gasteiger partial charge in [0.25, 0.3) is 0 Å². The zero-order valence-corrected chi connectivity index (χ0v) is 18.4. The maximum Gasteiger partial charge on any atom is 0.192 e. The second-order valence-corrected chi connectivity index (χ2v) is 13.9. The van der Waals surface area contributed by atoms with Crippen LogP contribution in [0.3, 0.4) is 0 Å². The summed E-state index contributed by atoms with van der Waals surface area (Å²) in [7, 11) is -1.76. The van der Waals surface area contributed by atoms with E-state index in [1.165, 1.54) is 25.9 Å². The number of benzene rings is 1. The quantitative estimate of drug-likeness (QED) is 0.554. The number of rotatable bonds is 7. The molecule has 1 aromatic rings. The van der Waals surface area contributed by atoms with Gasteiger partial charge in [-0.05, 0) is 62.3 Å². The predicted molar refractivity (Wildman–Crippen MR) is 107 cm³/mol. The fourth-order valence-electron chi connectivity index (χ4n) is 2.57. The fraction of sp³-hybridized carbons (Fsp3) is 0.684. The number of hydrogen-bond acceptors (Lipinski definition) is 3. The lowest BCUT2D eigenvalue weighted by molar-refractivity contribution is 0.227. The van der Waals surface area contributed by atoms with Gasteiger partial charge in [-0.15, -0.1) is 0 Å². The monoisotopic (exact) mass is 413 g/mol. The number of halogens is 1. The molecule has 0 N–H and O–H groups in total. The van der Waals surface area contributed by atoms with Crippen LogP contribution in [0.15, 0.2) is 22.7 Å². The Morgan fingerprint density at radius 3 is 2.46 bits per heavy atom. The third-order valence-electron chi connectivity index (χ3n) is 5.28. The van der Waals surface area contributed by atoms with E-state index in [1.807, 2.05) is 6.07 Å². The van der Waals surface area contributed by atoms with Gasteiger partial charge in [-0.1, -0.05) is 36.7 Å². The summed E-state index contributed by atoms with van der Waals surface area (Å²) in [6, 6.07) is 6.22. The highest BCUT2D eigenvalue weighted by Crippen LogP contribution is 2.37. The highest BCUT2D eigenvalue weighted by atomic mass is 79.9. The SMILES string of the molecule is CC(C)(C)[Si](C)(C)OCc1cc(Br)ccc1OCCN1CCCC1. The molecule has 0 bridgehead atoms. The van der Waals surface area contributed by atoms with Crippen molar-refractivity contribution in [1.29, 1.82) is 0 Å². The van der Waals surface area contributed by atoms with Crippen molar-refractivity contribution in [1.82, 2.24) is 4.90 Å². The first-order valence-electron chi connectivity index (χ1n) is 8.96. The van der Waals surface area contributed by atoms with E-state index in [4.69, 9.17) is 9.16 Å². The van der Waals surface area contributed by atoms with Gasteiger partial charge >= 0.3 is 0 Å². The van der Waals surface area contributed by atoms with Crippen LogP contribution < -0.4 is 4.74 Å². The summed E-state index contributed by atoms with van der Waals surface area (Å²) in [4.78, 5) is 2.48. The largest absolute Gasteiger partial charge is 0.492 e. The maximum absolute atomic E-state index is 6.38. The van der Waals surface area contributed by atoms with Crippen LogP contribution in [-0.4, -0.2) is 39.5 Å². The summed E-state index contributed by atoms with van der Waals surface area (Å²) in [5, 5.41) is 0.218. The standard InChI is InChI=1S/C19H32BrNO2Si/c1-19(2,3)24(4,5)23-15-16-14-17(20)8-9-18(16)22-13-12-21-10-6-7-11-21/h8-9,14H,6-7,10-13,15H2,1-5H3. The molecule has 5 heteroatoms. The van der Waals surface area contributed by atoms with Crippen molar-refractivity contribution >= 4 is 24.2 Å². The molecule has 0 spiro atoms. The molecule has 1 aliphatic heterocycles. The summed E-state index contributed by atoms with van der Waals surface area (Å²) < 4.78 is 13.5. The minimum atomic E-state index is -1.76. The van der Waals surface area contributed by atoms with Crippen LogP contribution >= 0.6 is 15.9 Å². The molecule has 0 radical (unpaired) electrons. The minimum Gasteiger partial charge on any atom is -0.492 e. The molecule has 136 valence electrons. The predicted octanol–water partition coefficient (Wildman–Crippen LogP) is 5.45. The van der Waals surface area contributed by atoms with Crippen molar-refractivity contribution in [3.8, 4) is 5.75 Å². The molecule has 1 heterocycles. The highest BCUT2D eigenvalue weighted by Gasteiger charge is 2.37. The van der Waals surface area contributed by atoms with Gasteiger partial charge in [0.1, 0.15) is 12.4 Å². The van der Waals surface area contributed by atoms with Crippen LogP contribution in [0.4, 0.5) is 0 Å². The normalized spacial score (nSPS) is 16.6. The van der Waals surface area contributed by atoms with Crippen LogP contribution in [0.25, 0.3) is 0 Å². The van der Waals surface area contributed by atoms with Gasteiger partial charge in [-0.25, -0.2) is 0 Å². The average molecular weight is 414 g/mol. The zero-order valence-electron chi connectivity index (χ0n) is 15.8. The van der Waals surface area contributed by atoms with Crippen LogP contribution in [0.1, 0.15) is 39.2 Å². The zero-order chi connectivity index (χ0) is 17.8. The first-order chi connectivity index (χ1) is 11.2. The molecule has 0 aliphatic carbocycles. The van der Waals surface area contributed by atoms with E-state index in [0.29, 0.717) is 6.61 Å². The summed E-state index contributed by atoms with van der Waals surface area (Å²) in [6.45, 7) is 16.2. The summed E-state index contributed by atoms with van der Waals surface area (Å²) >= 11 is 3.57. The molecule has 1 aliphatic rings. The van der Waals surface area contributed by atoms with Gasteiger partial charge in [0.2, 0.25) is 0 Å². The Morgan fingerprint density at radius 1 is 1.17 bits per heavy atom. The summed E-state index contributed by atoms with van der Waals surface area (Å²) in [5.74, 6) is 0.955. The molecule has 1 saturated heterocycles. The molecule has 1 aromatic carbocycles. The molecule has 3 nitrogen and oxygen atoms in total. The highest BCUT2D eigenvalue weighted by molar-refractivity contribution is 9.10. The van der Waals surface area contributed by atoms with Gasteiger partial charge in [-0.2, -0.15) is 0 Å². The second-order valence-electron chi connectivity index (χ2n) is 8.20. The van der Waals surface area contributed by atoms with E-state index in [1.54, 1.807) is 0 Å². The molecule has 0 aromatic heterocycles. The fourth-order valence-corrected chi connectivity index (χ4v) is 3.93. The van der Waals surface area contributed by atoms with Crippen molar-refractivity contribution in [2.24, 2.45) is 0 Å². The van der Waals surface area contributed by atoms with Crippen molar-refractivity contribution in [3.05, 3.63) is 28.2 Å². The molecule has 0 amide bonds. The van der Waals surface area contributed by atoms with Crippen LogP contribution in [0, 0.1) is 0 Å². The Labute approximate surface area is 157 Å². The van der Waals surface area contributed by atoms with E-state index in [2.05, 4.69) is 66.8 Å². The first-order valence-corrected chi connectivity index (χ1v) is 12.7. The van der Waals surface area contributed by atoms with Gasteiger partial charge in [-0.3, -0.25) is 4.90 Å². The van der Waals surface area contributed by atoms with Crippen LogP contribution in [0.5, 0.6) is 5.75 Å². The van der Waals surface area contributed by atoms with E-state index in [-0.39, 0.29) is 5.04 Å². The number of hydrogen-bond donors (Lipinski definition) is 0. The van der Waals surface area contributed by atoms with Gasteiger partial charge in [0.05, 0.1) is 6.61 Å². The van der Waals surface area contributed by atoms with E-state index in [9.17, 15) is 0 Å². The molecule has 0 saturated carbocycles. The van der Waals surface area contributed by atoms with Crippen LogP contribution in [-0.2, 0) is 11.0 Å². The Balaban J connectivity index is 1.96. The first kappa shape index (κ1) is 20.0. The number of ether oxygens (including phenoxy) is 1. The van der Waals surface area contributed by atoms with Gasteiger partial charge in [0.15, 0.2) is 8.32 Å². The average Bonchev–Trinajstić information content (AvgIpc) is 2.99. The number of likely N-dealkylation sites (tertiary alicyclic amines) is 1. The molecule has 2 rings (SSSR count). The molecule has 24 heavy (non-hydrogen) atoms. The second kappa shape index (κ2) is 8.34. The summed E-state index contributed by atoms with van der Waals surface area (Å²) in [6.07, 6.45) is 2.65. The van der Waals surface area contributed by atoms with Crippen molar-refractivity contribution < 1.29 is 9.16 Å². The Bertz CT molecular complexity index is 537. The van der Waals surface area contributed by atoms with Crippen molar-refractivity contribution in [2.75, 3.05) is 26.2 Å². The smallest absolute Gasteiger partial charge is 0.192 e. The third kappa shape index (κ3) is 5.58. The molecular formula is C19H32BrNO2Si. The lowest BCUT2D eigenvalue weighted by Gasteiger charge is -2.36. The maximum atomic E-state index is 6.38. The van der Waals surface area contributed by atoms with Gasteiger partial charge in [0, 0.05) is 16.6 Å². The number of nitrogens with zero attached hydrogens (tertiary/aromatic N) is 1. The van der Waals surface area contributed by atoms with Crippen molar-refractivity contribution in [3.63, 3.8) is 0 Å². The molecule has 0 atom stereocenters. The lowest BCUT2D eigenvalue weighted by atomic mass is 10.2. The van der Waals surface area contributed by atoms with Gasteiger partial charge < -0.3 is 9.16 Å². The Hall–Kier alpha value is -0.363. The summed E-state index contributed by atoms with van der Waals surface area (Å²) in [5.41, 5.74) is 1.13. The molecule has 1 fully saturated rings. The Kier molecular flexibility index (Phi) is 6.94. The van der Waals surface area contributed by atoms with E-state index < -0.39 is 8.32 Å². The molecule has 0 unspecified atom stereocenters. The topological polar surface area (TPSA) is 21.7 Å². The molecular weight excluding hydrogens is 382 g/mol. The minimum absolute atomic E-state index is 0.218.